The molecular weight excluding hydrogens is 459 g/mol. The van der Waals surface area contributed by atoms with Gasteiger partial charge in [0.05, 0.1) is 4.90 Å². The number of fused-ring (bicyclic) bond motifs is 1. The van der Waals surface area contributed by atoms with Crippen LogP contribution in [0.3, 0.4) is 0 Å². The van der Waals surface area contributed by atoms with Crippen LogP contribution in [0.2, 0.25) is 0 Å². The predicted octanol–water partition coefficient (Wildman–Crippen LogP) is 5.57. The van der Waals surface area contributed by atoms with Crippen LogP contribution in [0.1, 0.15) is 36.0 Å². The standard InChI is InChI=1S/C29H29FN2O2S/c1-20-8-11-24(12-9-20)35(33,34)32-15-14-29-25-13-10-23(30)18-26(25)31(19-22-6-4-3-5-7-22)27(29)16-21(2)17-28(29)32/h3-13,18,27-28H,2,14-17,19H2,1H3/t27-,28+,29-/m0/s1. The lowest BCUT2D eigenvalue weighted by Gasteiger charge is -2.46. The third-order valence-corrected chi connectivity index (χ3v) is 10.1. The summed E-state index contributed by atoms with van der Waals surface area (Å²) in [6, 6.07) is 22.1. The Balaban J connectivity index is 1.47. The van der Waals surface area contributed by atoms with Crippen LogP contribution in [0.5, 0.6) is 0 Å². The summed E-state index contributed by atoms with van der Waals surface area (Å²) in [6.45, 7) is 7.38. The average molecular weight is 489 g/mol. The first-order valence-electron chi connectivity index (χ1n) is 12.2. The maximum atomic E-state index is 14.5. The fourth-order valence-corrected chi connectivity index (χ4v) is 8.33. The normalized spacial score (nSPS) is 25.9. The van der Waals surface area contributed by atoms with E-state index in [1.807, 2.05) is 43.3 Å². The van der Waals surface area contributed by atoms with Gasteiger partial charge in [0.25, 0.3) is 0 Å². The molecule has 4 nitrogen and oxygen atoms in total. The molecule has 3 aromatic carbocycles. The number of anilines is 1. The van der Waals surface area contributed by atoms with E-state index in [1.54, 1.807) is 22.5 Å². The van der Waals surface area contributed by atoms with Gasteiger partial charge in [-0.05, 0) is 61.6 Å². The lowest BCUT2D eigenvalue weighted by atomic mass is 9.64. The van der Waals surface area contributed by atoms with Crippen molar-refractivity contribution < 1.29 is 12.8 Å². The highest BCUT2D eigenvalue weighted by atomic mass is 32.2. The first-order chi connectivity index (χ1) is 16.8. The van der Waals surface area contributed by atoms with Crippen LogP contribution in [0.25, 0.3) is 0 Å². The zero-order valence-electron chi connectivity index (χ0n) is 19.8. The number of hydrogen-bond donors (Lipinski definition) is 0. The van der Waals surface area contributed by atoms with Crippen molar-refractivity contribution in [2.45, 2.75) is 55.1 Å². The Labute approximate surface area is 206 Å². The average Bonchev–Trinajstić information content (AvgIpc) is 3.34. The number of sulfonamides is 1. The third-order valence-electron chi connectivity index (χ3n) is 8.22. The minimum absolute atomic E-state index is 0.0315. The van der Waals surface area contributed by atoms with Crippen LogP contribution in [0.15, 0.2) is 89.8 Å². The molecule has 6 rings (SSSR count). The summed E-state index contributed by atoms with van der Waals surface area (Å²) < 4.78 is 43.9. The van der Waals surface area contributed by atoms with Crippen molar-refractivity contribution in [3.63, 3.8) is 0 Å². The molecule has 0 aromatic heterocycles. The Morgan fingerprint density at radius 1 is 1.00 bits per heavy atom. The smallest absolute Gasteiger partial charge is 0.243 e. The van der Waals surface area contributed by atoms with E-state index in [0.29, 0.717) is 30.8 Å². The molecule has 35 heavy (non-hydrogen) atoms. The molecule has 3 aromatic rings. The van der Waals surface area contributed by atoms with E-state index in [0.717, 1.165) is 34.4 Å². The molecule has 6 heteroatoms. The number of nitrogens with zero attached hydrogens (tertiary/aromatic N) is 2. The summed E-state index contributed by atoms with van der Waals surface area (Å²) in [5.74, 6) is -0.269. The molecule has 1 aliphatic carbocycles. The van der Waals surface area contributed by atoms with E-state index in [2.05, 4.69) is 23.6 Å². The van der Waals surface area contributed by atoms with Gasteiger partial charge in [0.2, 0.25) is 10.0 Å². The molecule has 0 N–H and O–H groups in total. The van der Waals surface area contributed by atoms with Gasteiger partial charge < -0.3 is 4.90 Å². The van der Waals surface area contributed by atoms with Crippen molar-refractivity contribution in [1.82, 2.24) is 4.31 Å². The molecule has 2 aliphatic heterocycles. The van der Waals surface area contributed by atoms with Gasteiger partial charge >= 0.3 is 0 Å². The minimum Gasteiger partial charge on any atom is -0.363 e. The third kappa shape index (κ3) is 3.38. The van der Waals surface area contributed by atoms with Crippen LogP contribution in [0.4, 0.5) is 10.1 Å². The van der Waals surface area contributed by atoms with Gasteiger partial charge in [-0.3, -0.25) is 0 Å². The van der Waals surface area contributed by atoms with Crippen molar-refractivity contribution in [1.29, 1.82) is 0 Å². The van der Waals surface area contributed by atoms with E-state index in [1.165, 1.54) is 6.07 Å². The van der Waals surface area contributed by atoms with E-state index in [-0.39, 0.29) is 17.9 Å². The SMILES string of the molecule is C=C1C[C@@H]2N(Cc3ccccc3)c3cc(F)ccc3[C@@]23CCN(S(=O)(=O)c2ccc(C)cc2)[C@@H]3C1. The molecule has 0 unspecified atom stereocenters. The highest BCUT2D eigenvalue weighted by Crippen LogP contribution is 2.60. The highest BCUT2D eigenvalue weighted by Gasteiger charge is 2.63. The van der Waals surface area contributed by atoms with Gasteiger partial charge in [-0.25, -0.2) is 12.8 Å². The largest absolute Gasteiger partial charge is 0.363 e. The summed E-state index contributed by atoms with van der Waals surface area (Å²) in [5.41, 5.74) is 4.78. The summed E-state index contributed by atoms with van der Waals surface area (Å²) in [6.07, 6.45) is 2.11. The summed E-state index contributed by atoms with van der Waals surface area (Å²) in [5, 5.41) is 0. The molecule has 2 heterocycles. The Hall–Kier alpha value is -2.96. The zero-order chi connectivity index (χ0) is 24.4. The first-order valence-corrected chi connectivity index (χ1v) is 13.6. The minimum atomic E-state index is -3.68. The van der Waals surface area contributed by atoms with Crippen molar-refractivity contribution in [3.8, 4) is 0 Å². The quantitative estimate of drug-likeness (QED) is 0.451. The molecule has 180 valence electrons. The van der Waals surface area contributed by atoms with Crippen molar-refractivity contribution >= 4 is 15.7 Å². The molecule has 0 amide bonds. The van der Waals surface area contributed by atoms with E-state index < -0.39 is 15.4 Å². The van der Waals surface area contributed by atoms with Crippen molar-refractivity contribution in [3.05, 3.63) is 107 Å². The maximum absolute atomic E-state index is 14.5. The molecule has 1 saturated heterocycles. The topological polar surface area (TPSA) is 40.6 Å². The lowest BCUT2D eigenvalue weighted by Crippen LogP contribution is -2.56. The van der Waals surface area contributed by atoms with Crippen LogP contribution in [-0.2, 0) is 22.0 Å². The highest BCUT2D eigenvalue weighted by molar-refractivity contribution is 7.89. The van der Waals surface area contributed by atoms with Gasteiger partial charge in [0.15, 0.2) is 0 Å². The molecule has 3 aliphatic rings. The Bertz CT molecular complexity index is 1400. The second kappa shape index (κ2) is 8.04. The summed E-state index contributed by atoms with van der Waals surface area (Å²) >= 11 is 0. The fourth-order valence-electron chi connectivity index (χ4n) is 6.65. The molecule has 3 atom stereocenters. The molecule has 0 bridgehead atoms. The number of halogens is 1. The fraction of sp³-hybridized carbons (Fsp3) is 0.310. The van der Waals surface area contributed by atoms with Crippen LogP contribution in [-0.4, -0.2) is 31.4 Å². The monoisotopic (exact) mass is 488 g/mol. The van der Waals surface area contributed by atoms with Gasteiger partial charge in [-0.1, -0.05) is 66.2 Å². The van der Waals surface area contributed by atoms with Crippen molar-refractivity contribution in [2.24, 2.45) is 0 Å². The van der Waals surface area contributed by atoms with Gasteiger partial charge in [0.1, 0.15) is 5.82 Å². The molecule has 0 radical (unpaired) electrons. The van der Waals surface area contributed by atoms with Crippen LogP contribution >= 0.6 is 0 Å². The molecule has 1 saturated carbocycles. The van der Waals surface area contributed by atoms with E-state index in [4.69, 9.17) is 0 Å². The summed E-state index contributed by atoms with van der Waals surface area (Å²) in [7, 11) is -3.68. The Morgan fingerprint density at radius 2 is 1.71 bits per heavy atom. The molecule has 2 fully saturated rings. The van der Waals surface area contributed by atoms with Crippen LogP contribution < -0.4 is 4.90 Å². The zero-order valence-corrected chi connectivity index (χ0v) is 20.6. The first kappa shape index (κ1) is 22.5. The van der Waals surface area contributed by atoms with Gasteiger partial charge in [-0.15, -0.1) is 0 Å². The number of rotatable bonds is 4. The number of benzene rings is 3. The van der Waals surface area contributed by atoms with Crippen molar-refractivity contribution in [2.75, 3.05) is 11.4 Å². The lowest BCUT2D eigenvalue weighted by molar-refractivity contribution is 0.228. The summed E-state index contributed by atoms with van der Waals surface area (Å²) in [4.78, 5) is 2.62. The van der Waals surface area contributed by atoms with E-state index >= 15 is 0 Å². The van der Waals surface area contributed by atoms with Gasteiger partial charge in [-0.2, -0.15) is 4.31 Å². The Kier molecular flexibility index (Phi) is 5.17. The second-order valence-corrected chi connectivity index (χ2v) is 12.1. The van der Waals surface area contributed by atoms with Gasteiger partial charge in [0, 0.05) is 36.3 Å². The maximum Gasteiger partial charge on any atom is 0.243 e. The second-order valence-electron chi connectivity index (χ2n) is 10.2. The molecule has 1 spiro atoms. The molecular formula is C29H29FN2O2S. The Morgan fingerprint density at radius 3 is 2.46 bits per heavy atom. The van der Waals surface area contributed by atoms with E-state index in [9.17, 15) is 12.8 Å². The van der Waals surface area contributed by atoms with Crippen LogP contribution in [0, 0.1) is 12.7 Å². The number of hydrogen-bond acceptors (Lipinski definition) is 3. The predicted molar refractivity (Wildman–Crippen MR) is 136 cm³/mol. The number of aryl methyl sites for hydroxylation is 1.